The molecule has 2 heterocycles. The van der Waals surface area contributed by atoms with Crippen molar-refractivity contribution >= 4 is 44.4 Å². The summed E-state index contributed by atoms with van der Waals surface area (Å²) in [6, 6.07) is 11.9. The first-order valence-electron chi connectivity index (χ1n) is 11.1. The molecule has 178 valence electrons. The quantitative estimate of drug-likeness (QED) is 0.263. The molecule has 34 heavy (non-hydrogen) atoms. The molecule has 1 amide bonds. The fourth-order valence-corrected chi connectivity index (χ4v) is 5.47. The average molecular weight is 497 g/mol. The Hall–Kier alpha value is -3.04. The minimum absolute atomic E-state index is 0.0125. The van der Waals surface area contributed by atoms with Crippen LogP contribution < -0.4 is 14.4 Å². The first-order valence-corrected chi connectivity index (χ1v) is 12.9. The van der Waals surface area contributed by atoms with Gasteiger partial charge in [0.25, 0.3) is 0 Å². The molecule has 9 heteroatoms. The van der Waals surface area contributed by atoms with Crippen LogP contribution in [0.3, 0.4) is 0 Å². The monoisotopic (exact) mass is 496 g/mol. The molecule has 0 N–H and O–H groups in total. The van der Waals surface area contributed by atoms with Gasteiger partial charge in [0.15, 0.2) is 5.13 Å². The summed E-state index contributed by atoms with van der Waals surface area (Å²) >= 11 is 3.24. The third-order valence-electron chi connectivity index (χ3n) is 5.38. The van der Waals surface area contributed by atoms with Crippen LogP contribution in [-0.4, -0.2) is 47.0 Å². The molecule has 0 aliphatic heterocycles. The number of nitrogens with zero attached hydrogens (tertiary/aromatic N) is 4. The maximum atomic E-state index is 13.5. The number of anilines is 1. The van der Waals surface area contributed by atoms with Gasteiger partial charge in [-0.1, -0.05) is 30.4 Å². The van der Waals surface area contributed by atoms with Crippen LogP contribution in [0.2, 0.25) is 0 Å². The number of aromatic nitrogens is 3. The lowest BCUT2D eigenvalue weighted by molar-refractivity contribution is -0.118. The Morgan fingerprint density at radius 3 is 2.56 bits per heavy atom. The number of imidazole rings is 1. The van der Waals surface area contributed by atoms with Crippen molar-refractivity contribution < 1.29 is 14.3 Å². The zero-order valence-electron chi connectivity index (χ0n) is 19.6. The average Bonchev–Trinajstić information content (AvgIpc) is 3.53. The molecule has 0 atom stereocenters. The lowest BCUT2D eigenvalue weighted by Gasteiger charge is -2.20. The highest BCUT2D eigenvalue weighted by Gasteiger charge is 2.22. The molecule has 0 saturated carbocycles. The maximum absolute atomic E-state index is 13.5. The van der Waals surface area contributed by atoms with Crippen LogP contribution in [0.15, 0.2) is 60.0 Å². The molecule has 0 bridgehead atoms. The van der Waals surface area contributed by atoms with Gasteiger partial charge >= 0.3 is 0 Å². The number of ether oxygens (including phenoxy) is 2. The van der Waals surface area contributed by atoms with E-state index in [9.17, 15) is 4.79 Å². The number of hydrogen-bond acceptors (Lipinski definition) is 7. The topological polar surface area (TPSA) is 69.5 Å². The Kier molecular flexibility index (Phi) is 8.08. The molecule has 0 fully saturated rings. The number of fused-ring (bicyclic) bond motifs is 1. The molecule has 4 aromatic rings. The summed E-state index contributed by atoms with van der Waals surface area (Å²) in [4.78, 5) is 25.4. The number of methoxy groups -OCH3 is 2. The highest BCUT2D eigenvalue weighted by atomic mass is 32.2. The molecular weight excluding hydrogens is 468 g/mol. The zero-order chi connectivity index (χ0) is 23.9. The zero-order valence-corrected chi connectivity index (χ0v) is 21.2. The van der Waals surface area contributed by atoms with Gasteiger partial charge in [-0.3, -0.25) is 9.69 Å². The molecular formula is C25H28N4O3S2. The Labute approximate surface area is 207 Å². The Bertz CT molecular complexity index is 1180. The third kappa shape index (κ3) is 5.53. The number of carbonyl (C=O) groups is 1. The second kappa shape index (κ2) is 11.4. The van der Waals surface area contributed by atoms with E-state index >= 15 is 0 Å². The highest BCUT2D eigenvalue weighted by Crippen LogP contribution is 2.40. The summed E-state index contributed by atoms with van der Waals surface area (Å²) in [5.74, 6) is 2.41. The predicted octanol–water partition coefficient (Wildman–Crippen LogP) is 5.29. The van der Waals surface area contributed by atoms with E-state index in [0.717, 1.165) is 34.7 Å². The first-order chi connectivity index (χ1) is 16.6. The normalized spacial score (nSPS) is 11.0. The van der Waals surface area contributed by atoms with E-state index in [0.29, 0.717) is 29.4 Å². The first kappa shape index (κ1) is 24.1. The van der Waals surface area contributed by atoms with Gasteiger partial charge in [-0.2, -0.15) is 0 Å². The van der Waals surface area contributed by atoms with Gasteiger partial charge in [0.05, 0.1) is 27.0 Å². The largest absolute Gasteiger partial charge is 0.495 e. The van der Waals surface area contributed by atoms with E-state index in [1.165, 1.54) is 16.2 Å². The minimum atomic E-state index is 0.0125. The predicted molar refractivity (Wildman–Crippen MR) is 138 cm³/mol. The van der Waals surface area contributed by atoms with Crippen molar-refractivity contribution in [2.45, 2.75) is 31.2 Å². The third-order valence-corrected chi connectivity index (χ3v) is 7.36. The summed E-state index contributed by atoms with van der Waals surface area (Å²) in [6.07, 6.45) is 6.56. The number of thioether (sulfide) groups is 1. The van der Waals surface area contributed by atoms with Crippen molar-refractivity contribution in [1.29, 1.82) is 0 Å². The molecule has 2 aromatic carbocycles. The van der Waals surface area contributed by atoms with Crippen molar-refractivity contribution in [3.8, 4) is 11.5 Å². The molecule has 0 aliphatic rings. The van der Waals surface area contributed by atoms with Crippen molar-refractivity contribution in [2.75, 3.05) is 31.4 Å². The van der Waals surface area contributed by atoms with E-state index in [4.69, 9.17) is 14.5 Å². The van der Waals surface area contributed by atoms with Gasteiger partial charge in [-0.15, -0.1) is 11.8 Å². The number of rotatable bonds is 11. The van der Waals surface area contributed by atoms with Gasteiger partial charge in [-0.25, -0.2) is 9.97 Å². The van der Waals surface area contributed by atoms with E-state index in [1.807, 2.05) is 35.0 Å². The molecule has 0 spiro atoms. The van der Waals surface area contributed by atoms with Crippen molar-refractivity contribution in [3.05, 3.63) is 60.7 Å². The SMILES string of the molecule is CCSc1ccc(CC(=O)N(CCCn2ccnc2)c2nc3c(OC)ccc(OC)c3s2)cc1. The van der Waals surface area contributed by atoms with E-state index in [1.54, 1.807) is 43.4 Å². The van der Waals surface area contributed by atoms with Crippen molar-refractivity contribution in [1.82, 2.24) is 14.5 Å². The van der Waals surface area contributed by atoms with E-state index < -0.39 is 0 Å². The van der Waals surface area contributed by atoms with Crippen LogP contribution >= 0.6 is 23.1 Å². The van der Waals surface area contributed by atoms with E-state index in [-0.39, 0.29) is 5.91 Å². The van der Waals surface area contributed by atoms with Crippen LogP contribution in [0.5, 0.6) is 11.5 Å². The molecule has 0 radical (unpaired) electrons. The number of thiazole rings is 1. The van der Waals surface area contributed by atoms with Crippen LogP contribution in [0.25, 0.3) is 10.2 Å². The van der Waals surface area contributed by atoms with Gasteiger partial charge < -0.3 is 14.0 Å². The smallest absolute Gasteiger partial charge is 0.233 e. The molecule has 0 unspecified atom stereocenters. The standard InChI is InChI=1S/C25H28N4O3S2/c1-4-33-19-8-6-18(7-9-19)16-22(30)29(14-5-13-28-15-12-26-17-28)25-27-23-20(31-2)10-11-21(32-3)24(23)34-25/h6-12,15,17H,4-5,13-14,16H2,1-3H3. The van der Waals surface area contributed by atoms with Crippen molar-refractivity contribution in [3.63, 3.8) is 0 Å². The molecule has 0 saturated heterocycles. The van der Waals surface area contributed by atoms with E-state index in [2.05, 4.69) is 24.0 Å². The van der Waals surface area contributed by atoms with Crippen LogP contribution in [0, 0.1) is 0 Å². The number of benzene rings is 2. The molecule has 7 nitrogen and oxygen atoms in total. The van der Waals surface area contributed by atoms with Gasteiger partial charge in [0.1, 0.15) is 21.7 Å². The fourth-order valence-electron chi connectivity index (χ4n) is 3.69. The molecule has 0 aliphatic carbocycles. The Morgan fingerprint density at radius 1 is 1.12 bits per heavy atom. The Balaban J connectivity index is 1.61. The summed E-state index contributed by atoms with van der Waals surface area (Å²) in [5.41, 5.74) is 1.69. The number of amides is 1. The van der Waals surface area contributed by atoms with Crippen LogP contribution in [-0.2, 0) is 17.8 Å². The summed E-state index contributed by atoms with van der Waals surface area (Å²) in [6.45, 7) is 3.45. The Morgan fingerprint density at radius 2 is 1.88 bits per heavy atom. The lowest BCUT2D eigenvalue weighted by Crippen LogP contribution is -2.33. The molecule has 4 rings (SSSR count). The maximum Gasteiger partial charge on any atom is 0.233 e. The van der Waals surface area contributed by atoms with Crippen molar-refractivity contribution in [2.24, 2.45) is 0 Å². The second-order valence-corrected chi connectivity index (χ2v) is 9.91. The highest BCUT2D eigenvalue weighted by molar-refractivity contribution is 7.99. The number of aryl methyl sites for hydroxylation is 1. The molecule has 2 aromatic heterocycles. The minimum Gasteiger partial charge on any atom is -0.495 e. The lowest BCUT2D eigenvalue weighted by atomic mass is 10.1. The van der Waals surface area contributed by atoms with Gasteiger partial charge in [-0.05, 0) is 42.0 Å². The summed E-state index contributed by atoms with van der Waals surface area (Å²) in [7, 11) is 3.25. The van der Waals surface area contributed by atoms with Gasteiger partial charge in [0.2, 0.25) is 5.91 Å². The van der Waals surface area contributed by atoms with Gasteiger partial charge in [0, 0.05) is 30.4 Å². The number of carbonyl (C=O) groups excluding carboxylic acids is 1. The fraction of sp³-hybridized carbons (Fsp3) is 0.320. The van der Waals surface area contributed by atoms with Crippen LogP contribution in [0.1, 0.15) is 18.9 Å². The summed E-state index contributed by atoms with van der Waals surface area (Å²) in [5, 5.41) is 0.645. The summed E-state index contributed by atoms with van der Waals surface area (Å²) < 4.78 is 13.9. The second-order valence-electron chi connectivity index (χ2n) is 7.60. The number of hydrogen-bond donors (Lipinski definition) is 0. The van der Waals surface area contributed by atoms with Crippen LogP contribution in [0.4, 0.5) is 5.13 Å².